The molecule has 0 saturated heterocycles. The summed E-state index contributed by atoms with van der Waals surface area (Å²) in [5.74, 6) is -3.51. The number of alkyl halides is 3. The second-order valence-corrected chi connectivity index (χ2v) is 10.3. The van der Waals surface area contributed by atoms with Crippen molar-refractivity contribution in [3.05, 3.63) is 65.7 Å². The molecule has 1 fully saturated rings. The number of aromatic carboxylic acids is 1. The number of nitrogens with one attached hydrogen (secondary N) is 1. The van der Waals surface area contributed by atoms with Crippen molar-refractivity contribution in [3.8, 4) is 16.9 Å². The lowest BCUT2D eigenvalue weighted by Gasteiger charge is -2.18. The number of halogens is 4. The van der Waals surface area contributed by atoms with Gasteiger partial charge in [0, 0.05) is 35.6 Å². The number of carbonyl (C=O) groups is 2. The van der Waals surface area contributed by atoms with Crippen LogP contribution in [0, 0.1) is 11.2 Å². The first-order valence-electron chi connectivity index (χ1n) is 11.4. The molecule has 0 spiro atoms. The minimum Gasteiger partial charge on any atom is -0.478 e. The third kappa shape index (κ3) is 5.92. The first kappa shape index (κ1) is 26.2. The summed E-state index contributed by atoms with van der Waals surface area (Å²) in [5.41, 5.74) is -0.205. The number of aromatic nitrogens is 2. The quantitative estimate of drug-likeness (QED) is 0.374. The zero-order valence-corrected chi connectivity index (χ0v) is 20.3. The maximum atomic E-state index is 14.7. The molecule has 0 atom stereocenters. The van der Waals surface area contributed by atoms with E-state index in [1.807, 2.05) is 0 Å². The van der Waals surface area contributed by atoms with Crippen LogP contribution in [0.2, 0.25) is 0 Å². The first-order chi connectivity index (χ1) is 17.2. The Hall–Kier alpha value is -3.89. The van der Waals surface area contributed by atoms with Crippen LogP contribution >= 0.6 is 0 Å². The van der Waals surface area contributed by atoms with Gasteiger partial charge in [0.15, 0.2) is 0 Å². The second kappa shape index (κ2) is 9.20. The lowest BCUT2D eigenvalue weighted by Crippen LogP contribution is -2.29. The van der Waals surface area contributed by atoms with Crippen LogP contribution in [0.4, 0.5) is 23.2 Å². The van der Waals surface area contributed by atoms with Gasteiger partial charge in [-0.1, -0.05) is 32.9 Å². The molecule has 4 rings (SSSR count). The summed E-state index contributed by atoms with van der Waals surface area (Å²) in [5, 5.41) is 16.7. The predicted octanol–water partition coefficient (Wildman–Crippen LogP) is 6.00. The van der Waals surface area contributed by atoms with E-state index in [1.54, 1.807) is 23.1 Å². The third-order valence-corrected chi connectivity index (χ3v) is 5.96. The molecule has 1 aliphatic rings. The van der Waals surface area contributed by atoms with Gasteiger partial charge in [-0.3, -0.25) is 9.48 Å². The molecular weight excluding hydrogens is 494 g/mol. The molecule has 1 heterocycles. The summed E-state index contributed by atoms with van der Waals surface area (Å²) in [6.07, 6.45) is -1.08. The van der Waals surface area contributed by atoms with Crippen LogP contribution in [-0.2, 0) is 16.8 Å². The number of ether oxygens (including phenoxy) is 1. The van der Waals surface area contributed by atoms with Gasteiger partial charge >= 0.3 is 12.3 Å². The number of rotatable bonds is 7. The molecule has 7 nitrogen and oxygen atoms in total. The van der Waals surface area contributed by atoms with E-state index in [-0.39, 0.29) is 35.1 Å². The van der Waals surface area contributed by atoms with Crippen molar-refractivity contribution in [2.75, 3.05) is 5.32 Å². The van der Waals surface area contributed by atoms with Crippen molar-refractivity contribution in [2.24, 2.45) is 5.41 Å². The Morgan fingerprint density at radius 2 is 1.84 bits per heavy atom. The van der Waals surface area contributed by atoms with Gasteiger partial charge in [0.1, 0.15) is 11.6 Å². The monoisotopic (exact) mass is 519 g/mol. The Labute approximate surface area is 210 Å². The number of amides is 1. The van der Waals surface area contributed by atoms with Gasteiger partial charge in [0.2, 0.25) is 5.91 Å². The SMILES string of the molecule is CC(C)(C)Cn1cc(-c2ccc(NC(=O)C3(c4ccc(OC(F)(F)F)cc4F)CC3)cc2C(=O)O)cn1. The first-order valence-corrected chi connectivity index (χ1v) is 11.4. The van der Waals surface area contributed by atoms with Crippen LogP contribution in [0.5, 0.6) is 5.75 Å². The summed E-state index contributed by atoms with van der Waals surface area (Å²) in [4.78, 5) is 25.1. The molecule has 0 aliphatic heterocycles. The molecule has 1 saturated carbocycles. The maximum absolute atomic E-state index is 14.7. The van der Waals surface area contributed by atoms with Crippen molar-refractivity contribution in [3.63, 3.8) is 0 Å². The fourth-order valence-corrected chi connectivity index (χ4v) is 4.20. The standard InChI is InChI=1S/C26H25F4N3O4/c1-24(2,3)14-33-13-15(12-31-33)18-6-4-16(10-19(18)22(34)35)32-23(36)25(8-9-25)20-7-5-17(11-21(20)27)37-26(28,29)30/h4-7,10-13H,8-9,14H2,1-3H3,(H,32,36)(H,34,35). The minimum absolute atomic E-state index is 0.0308. The highest BCUT2D eigenvalue weighted by Gasteiger charge is 2.53. The van der Waals surface area contributed by atoms with Crippen LogP contribution in [0.1, 0.15) is 49.5 Å². The van der Waals surface area contributed by atoms with E-state index in [9.17, 15) is 32.3 Å². The van der Waals surface area contributed by atoms with Crippen molar-refractivity contribution in [2.45, 2.75) is 51.9 Å². The highest BCUT2D eigenvalue weighted by Crippen LogP contribution is 2.50. The zero-order chi connectivity index (χ0) is 27.2. The Bertz CT molecular complexity index is 1350. The Morgan fingerprint density at radius 1 is 1.14 bits per heavy atom. The summed E-state index contributed by atoms with van der Waals surface area (Å²) in [7, 11) is 0. The predicted molar refractivity (Wildman–Crippen MR) is 127 cm³/mol. The molecule has 11 heteroatoms. The van der Waals surface area contributed by atoms with Gasteiger partial charge in [-0.25, -0.2) is 9.18 Å². The van der Waals surface area contributed by atoms with Crippen LogP contribution in [0.15, 0.2) is 48.8 Å². The van der Waals surface area contributed by atoms with Crippen LogP contribution in [0.3, 0.4) is 0 Å². The van der Waals surface area contributed by atoms with E-state index in [2.05, 4.69) is 35.9 Å². The number of hydrogen-bond donors (Lipinski definition) is 2. The normalized spacial score (nSPS) is 14.8. The zero-order valence-electron chi connectivity index (χ0n) is 20.3. The molecule has 2 aromatic carbocycles. The summed E-state index contributed by atoms with van der Waals surface area (Å²) in [6, 6.07) is 7.05. The van der Waals surface area contributed by atoms with Crippen molar-refractivity contribution < 1.29 is 37.0 Å². The smallest absolute Gasteiger partial charge is 0.478 e. The Kier molecular flexibility index (Phi) is 6.51. The molecule has 1 amide bonds. The lowest BCUT2D eigenvalue weighted by atomic mass is 9.93. The Balaban J connectivity index is 1.56. The summed E-state index contributed by atoms with van der Waals surface area (Å²) in [6.45, 7) is 6.79. The van der Waals surface area contributed by atoms with E-state index in [0.29, 0.717) is 23.7 Å². The number of anilines is 1. The number of carboxylic acids is 1. The molecule has 0 radical (unpaired) electrons. The highest BCUT2D eigenvalue weighted by atomic mass is 19.4. The van der Waals surface area contributed by atoms with Crippen molar-refractivity contribution >= 4 is 17.6 Å². The lowest BCUT2D eigenvalue weighted by molar-refractivity contribution is -0.274. The number of nitrogens with zero attached hydrogens (tertiary/aromatic N) is 2. The van der Waals surface area contributed by atoms with E-state index in [0.717, 1.165) is 12.1 Å². The largest absolute Gasteiger partial charge is 0.573 e. The van der Waals surface area contributed by atoms with Gasteiger partial charge in [0.05, 0.1) is 17.2 Å². The van der Waals surface area contributed by atoms with Gasteiger partial charge in [0.25, 0.3) is 0 Å². The fraction of sp³-hybridized carbons (Fsp3) is 0.346. The molecule has 0 bridgehead atoms. The van der Waals surface area contributed by atoms with Crippen molar-refractivity contribution in [1.82, 2.24) is 9.78 Å². The number of benzene rings is 2. The van der Waals surface area contributed by atoms with E-state index >= 15 is 0 Å². The average molecular weight is 519 g/mol. The van der Waals surface area contributed by atoms with Gasteiger partial charge < -0.3 is 15.2 Å². The molecular formula is C26H25F4N3O4. The second-order valence-electron chi connectivity index (χ2n) is 10.3. The van der Waals surface area contributed by atoms with Crippen LogP contribution < -0.4 is 10.1 Å². The van der Waals surface area contributed by atoms with E-state index < -0.39 is 35.2 Å². The van der Waals surface area contributed by atoms with Crippen LogP contribution in [0.25, 0.3) is 11.1 Å². The molecule has 196 valence electrons. The van der Waals surface area contributed by atoms with Crippen LogP contribution in [-0.4, -0.2) is 33.1 Å². The highest BCUT2D eigenvalue weighted by molar-refractivity contribution is 6.03. The minimum atomic E-state index is -4.97. The third-order valence-electron chi connectivity index (χ3n) is 5.96. The number of hydrogen-bond acceptors (Lipinski definition) is 4. The van der Waals surface area contributed by atoms with Gasteiger partial charge in [-0.15, -0.1) is 13.2 Å². The molecule has 37 heavy (non-hydrogen) atoms. The molecule has 2 N–H and O–H groups in total. The van der Waals surface area contributed by atoms with Gasteiger partial charge in [-0.05, 0) is 42.0 Å². The molecule has 3 aromatic rings. The number of carboxylic acid groups (broad SMARTS) is 1. The van der Waals surface area contributed by atoms with E-state index in [1.165, 1.54) is 12.1 Å². The number of carbonyl (C=O) groups excluding carboxylic acids is 1. The van der Waals surface area contributed by atoms with Gasteiger partial charge in [-0.2, -0.15) is 5.10 Å². The van der Waals surface area contributed by atoms with Crippen molar-refractivity contribution in [1.29, 1.82) is 0 Å². The summed E-state index contributed by atoms with van der Waals surface area (Å²) < 4.78 is 57.4. The molecule has 1 aliphatic carbocycles. The molecule has 1 aromatic heterocycles. The fourth-order valence-electron chi connectivity index (χ4n) is 4.20. The molecule has 0 unspecified atom stereocenters. The van der Waals surface area contributed by atoms with E-state index in [4.69, 9.17) is 0 Å². The Morgan fingerprint density at radius 3 is 2.41 bits per heavy atom. The maximum Gasteiger partial charge on any atom is 0.573 e. The average Bonchev–Trinajstić information content (AvgIpc) is 3.44. The topological polar surface area (TPSA) is 93.5 Å². The summed E-state index contributed by atoms with van der Waals surface area (Å²) >= 11 is 0.